The van der Waals surface area contributed by atoms with Crippen LogP contribution in [-0.4, -0.2) is 36.9 Å². The van der Waals surface area contributed by atoms with Crippen LogP contribution in [0.3, 0.4) is 0 Å². The van der Waals surface area contributed by atoms with Gasteiger partial charge >= 0.3 is 0 Å². The molecule has 2 aliphatic rings. The number of allylic oxidation sites excluding steroid dienone is 1. The van der Waals surface area contributed by atoms with E-state index in [1.807, 2.05) is 7.05 Å². The molecule has 0 aromatic carbocycles. The maximum Gasteiger partial charge on any atom is 0.223 e. The van der Waals surface area contributed by atoms with E-state index in [1.165, 1.54) is 12.8 Å². The summed E-state index contributed by atoms with van der Waals surface area (Å²) >= 11 is 0. The first-order chi connectivity index (χ1) is 10.2. The lowest BCUT2D eigenvalue weighted by molar-refractivity contribution is -0.125. The first-order valence-corrected chi connectivity index (χ1v) is 8.33. The number of hydrogen-bond acceptors (Lipinski definition) is 2. The molecule has 0 bridgehead atoms. The SMILES string of the molecule is CN(C=O)CCCC/C=C\[C@@H]1C[C@H]1NC(=O)C1CCCC1. The zero-order valence-corrected chi connectivity index (χ0v) is 13.1. The molecule has 4 nitrogen and oxygen atoms in total. The predicted octanol–water partition coefficient (Wildman–Crippen LogP) is 2.50. The van der Waals surface area contributed by atoms with Crippen LogP contribution >= 0.6 is 0 Å². The highest BCUT2D eigenvalue weighted by Crippen LogP contribution is 2.33. The third-order valence-corrected chi connectivity index (χ3v) is 4.59. The molecule has 2 aliphatic carbocycles. The maximum atomic E-state index is 12.0. The van der Waals surface area contributed by atoms with Gasteiger partial charge in [-0.05, 0) is 44.4 Å². The molecule has 2 saturated carbocycles. The number of hydrogen-bond donors (Lipinski definition) is 1. The molecule has 0 unspecified atom stereocenters. The molecule has 2 atom stereocenters. The minimum atomic E-state index is 0.282. The lowest BCUT2D eigenvalue weighted by Crippen LogP contribution is -2.31. The Hall–Kier alpha value is -1.32. The molecule has 2 amide bonds. The quantitative estimate of drug-likeness (QED) is 0.403. The first-order valence-electron chi connectivity index (χ1n) is 8.33. The van der Waals surface area contributed by atoms with Crippen LogP contribution < -0.4 is 5.32 Å². The van der Waals surface area contributed by atoms with E-state index in [9.17, 15) is 9.59 Å². The summed E-state index contributed by atoms with van der Waals surface area (Å²) in [6, 6.07) is 0.385. The second kappa shape index (κ2) is 8.20. The Kier molecular flexibility index (Phi) is 6.27. The minimum Gasteiger partial charge on any atom is -0.353 e. The van der Waals surface area contributed by atoms with Crippen LogP contribution in [0.25, 0.3) is 0 Å². The van der Waals surface area contributed by atoms with Gasteiger partial charge in [0.1, 0.15) is 0 Å². The maximum absolute atomic E-state index is 12.0. The highest BCUT2D eigenvalue weighted by molar-refractivity contribution is 5.79. The summed E-state index contributed by atoms with van der Waals surface area (Å²) in [6.45, 7) is 0.834. The van der Waals surface area contributed by atoms with Gasteiger partial charge in [0.15, 0.2) is 0 Å². The molecule has 2 rings (SSSR count). The van der Waals surface area contributed by atoms with Crippen molar-refractivity contribution in [3.63, 3.8) is 0 Å². The molecule has 0 aromatic heterocycles. The van der Waals surface area contributed by atoms with Gasteiger partial charge in [-0.15, -0.1) is 0 Å². The number of carbonyl (C=O) groups excluding carboxylic acids is 2. The third kappa shape index (κ3) is 5.52. The second-order valence-corrected chi connectivity index (χ2v) is 6.51. The van der Waals surface area contributed by atoms with Crippen molar-refractivity contribution in [1.29, 1.82) is 0 Å². The van der Waals surface area contributed by atoms with Gasteiger partial charge in [0, 0.05) is 25.6 Å². The molecule has 0 spiro atoms. The Labute approximate surface area is 128 Å². The highest BCUT2D eigenvalue weighted by atomic mass is 16.2. The fraction of sp³-hybridized carbons (Fsp3) is 0.765. The molecule has 0 aromatic rings. The van der Waals surface area contributed by atoms with E-state index >= 15 is 0 Å². The number of nitrogens with zero attached hydrogens (tertiary/aromatic N) is 1. The summed E-state index contributed by atoms with van der Waals surface area (Å²) in [5.74, 6) is 1.11. The number of carbonyl (C=O) groups is 2. The van der Waals surface area contributed by atoms with Gasteiger partial charge in [0.05, 0.1) is 0 Å². The second-order valence-electron chi connectivity index (χ2n) is 6.51. The van der Waals surface area contributed by atoms with E-state index in [4.69, 9.17) is 0 Å². The Morgan fingerprint density at radius 1 is 1.29 bits per heavy atom. The van der Waals surface area contributed by atoms with E-state index in [0.29, 0.717) is 12.0 Å². The monoisotopic (exact) mass is 292 g/mol. The van der Waals surface area contributed by atoms with E-state index in [-0.39, 0.29) is 11.8 Å². The molecular weight excluding hydrogens is 264 g/mol. The van der Waals surface area contributed by atoms with Crippen molar-refractivity contribution in [1.82, 2.24) is 10.2 Å². The van der Waals surface area contributed by atoms with Crippen LogP contribution in [0.1, 0.15) is 51.4 Å². The Bertz CT molecular complexity index is 375. The van der Waals surface area contributed by atoms with Crippen molar-refractivity contribution < 1.29 is 9.59 Å². The average molecular weight is 292 g/mol. The molecule has 0 radical (unpaired) electrons. The van der Waals surface area contributed by atoms with Crippen LogP contribution in [0.15, 0.2) is 12.2 Å². The van der Waals surface area contributed by atoms with Crippen molar-refractivity contribution in [3.05, 3.63) is 12.2 Å². The summed E-state index contributed by atoms with van der Waals surface area (Å²) < 4.78 is 0. The van der Waals surface area contributed by atoms with Crippen molar-refractivity contribution in [2.75, 3.05) is 13.6 Å². The standard InChI is InChI=1S/C17H28N2O2/c1-19(13-20)11-7-3-2-4-10-15-12-16(15)18-17(21)14-8-5-6-9-14/h4,10,13-16H,2-3,5-9,11-12H2,1H3,(H,18,21)/b10-4-/t15-,16-/m1/s1. The molecule has 2 fully saturated rings. The summed E-state index contributed by atoms with van der Waals surface area (Å²) in [6.07, 6.45) is 14.3. The Balaban J connectivity index is 1.51. The summed E-state index contributed by atoms with van der Waals surface area (Å²) in [4.78, 5) is 24.1. The topological polar surface area (TPSA) is 49.4 Å². The van der Waals surface area contributed by atoms with Gasteiger partial charge in [-0.2, -0.15) is 0 Å². The molecule has 0 heterocycles. The van der Waals surface area contributed by atoms with Gasteiger partial charge < -0.3 is 10.2 Å². The fourth-order valence-corrected chi connectivity index (χ4v) is 3.03. The lowest BCUT2D eigenvalue weighted by atomic mass is 10.1. The molecule has 21 heavy (non-hydrogen) atoms. The normalized spacial score (nSPS) is 25.2. The van der Waals surface area contributed by atoms with Crippen LogP contribution in [-0.2, 0) is 9.59 Å². The van der Waals surface area contributed by atoms with E-state index in [1.54, 1.807) is 4.90 Å². The largest absolute Gasteiger partial charge is 0.353 e. The third-order valence-electron chi connectivity index (χ3n) is 4.59. The highest BCUT2D eigenvalue weighted by Gasteiger charge is 2.37. The fourth-order valence-electron chi connectivity index (χ4n) is 3.03. The average Bonchev–Trinajstić information content (AvgIpc) is 3.00. The molecule has 118 valence electrons. The van der Waals surface area contributed by atoms with E-state index < -0.39 is 0 Å². The Morgan fingerprint density at radius 2 is 2.05 bits per heavy atom. The van der Waals surface area contributed by atoms with Gasteiger partial charge in [-0.3, -0.25) is 9.59 Å². The van der Waals surface area contributed by atoms with Crippen molar-refractivity contribution in [2.24, 2.45) is 11.8 Å². The molecule has 1 N–H and O–H groups in total. The van der Waals surface area contributed by atoms with Crippen LogP contribution in [0.4, 0.5) is 0 Å². The first kappa shape index (κ1) is 16.1. The van der Waals surface area contributed by atoms with Crippen LogP contribution in [0.5, 0.6) is 0 Å². The molecule has 4 heteroatoms. The summed E-state index contributed by atoms with van der Waals surface area (Å²) in [7, 11) is 1.81. The Morgan fingerprint density at radius 3 is 2.76 bits per heavy atom. The van der Waals surface area contributed by atoms with Crippen molar-refractivity contribution >= 4 is 12.3 Å². The zero-order chi connectivity index (χ0) is 15.1. The van der Waals surface area contributed by atoms with E-state index in [2.05, 4.69) is 17.5 Å². The van der Waals surface area contributed by atoms with Gasteiger partial charge in [0.25, 0.3) is 0 Å². The van der Waals surface area contributed by atoms with Crippen LogP contribution in [0.2, 0.25) is 0 Å². The van der Waals surface area contributed by atoms with Gasteiger partial charge in [-0.1, -0.05) is 25.0 Å². The van der Waals surface area contributed by atoms with Gasteiger partial charge in [-0.25, -0.2) is 0 Å². The summed E-state index contributed by atoms with van der Waals surface area (Å²) in [5.41, 5.74) is 0. The number of nitrogens with one attached hydrogen (secondary N) is 1. The number of rotatable bonds is 9. The van der Waals surface area contributed by atoms with Crippen LogP contribution in [0, 0.1) is 11.8 Å². The molecule has 0 aliphatic heterocycles. The molecule has 0 saturated heterocycles. The number of unbranched alkanes of at least 4 members (excludes halogenated alkanes) is 2. The zero-order valence-electron chi connectivity index (χ0n) is 13.1. The summed E-state index contributed by atoms with van der Waals surface area (Å²) in [5, 5.41) is 3.18. The predicted molar refractivity (Wildman–Crippen MR) is 83.7 cm³/mol. The smallest absolute Gasteiger partial charge is 0.223 e. The lowest BCUT2D eigenvalue weighted by Gasteiger charge is -2.09. The van der Waals surface area contributed by atoms with E-state index in [0.717, 1.165) is 51.5 Å². The van der Waals surface area contributed by atoms with Gasteiger partial charge in [0.2, 0.25) is 12.3 Å². The van der Waals surface area contributed by atoms with Crippen molar-refractivity contribution in [3.8, 4) is 0 Å². The number of amides is 2. The van der Waals surface area contributed by atoms with Crippen molar-refractivity contribution in [2.45, 2.75) is 57.4 Å². The minimum absolute atomic E-state index is 0.282. The molecular formula is C17H28N2O2.